The normalized spacial score (nSPS) is 20.9. The highest BCUT2D eigenvalue weighted by Crippen LogP contribution is 2.28. The van der Waals surface area contributed by atoms with Crippen LogP contribution in [0.15, 0.2) is 23.1 Å². The molecule has 92 valence electrons. The molecule has 0 saturated carbocycles. The van der Waals surface area contributed by atoms with Crippen molar-refractivity contribution in [3.05, 3.63) is 29.3 Å². The predicted molar refractivity (Wildman–Crippen MR) is 70.0 cm³/mol. The van der Waals surface area contributed by atoms with E-state index in [0.717, 1.165) is 16.9 Å². The molecule has 1 heterocycles. The molecule has 1 aliphatic rings. The van der Waals surface area contributed by atoms with E-state index < -0.39 is 10.8 Å². The number of carbonyl (C=O) groups excluding carboxylic acids is 1. The maximum Gasteiger partial charge on any atom is 0.164 e. The third-order valence-electron chi connectivity index (χ3n) is 3.12. The molecule has 0 aliphatic carbocycles. The largest absolute Gasteiger partial charge is 0.294 e. The maximum absolute atomic E-state index is 12.0. The predicted octanol–water partition coefficient (Wildman–Crippen LogP) is 3.07. The molecule has 1 aliphatic heterocycles. The van der Waals surface area contributed by atoms with E-state index in [1.54, 1.807) is 0 Å². The molecular formula is C14H18O2S. The summed E-state index contributed by atoms with van der Waals surface area (Å²) >= 11 is 0. The first-order valence-electron chi connectivity index (χ1n) is 5.96. The van der Waals surface area contributed by atoms with Gasteiger partial charge >= 0.3 is 0 Å². The molecule has 0 amide bonds. The van der Waals surface area contributed by atoms with E-state index in [4.69, 9.17) is 0 Å². The summed E-state index contributed by atoms with van der Waals surface area (Å²) in [5.41, 5.74) is 1.82. The Hall–Kier alpha value is -0.960. The number of rotatable bonds is 0. The second kappa shape index (κ2) is 4.37. The zero-order valence-electron chi connectivity index (χ0n) is 10.6. The molecule has 1 aromatic carbocycles. The van der Waals surface area contributed by atoms with E-state index >= 15 is 0 Å². The molecule has 1 aromatic rings. The average molecular weight is 250 g/mol. The van der Waals surface area contributed by atoms with Crippen molar-refractivity contribution in [3.63, 3.8) is 0 Å². The van der Waals surface area contributed by atoms with Crippen LogP contribution in [0.4, 0.5) is 0 Å². The van der Waals surface area contributed by atoms with Crippen molar-refractivity contribution in [2.45, 2.75) is 43.9 Å². The summed E-state index contributed by atoms with van der Waals surface area (Å²) in [4.78, 5) is 12.7. The lowest BCUT2D eigenvalue weighted by molar-refractivity contribution is 0.0980. The Balaban J connectivity index is 2.57. The van der Waals surface area contributed by atoms with E-state index in [9.17, 15) is 9.00 Å². The Kier molecular flexibility index (Phi) is 3.21. The number of hydrogen-bond acceptors (Lipinski definition) is 2. The van der Waals surface area contributed by atoms with Gasteiger partial charge in [0.05, 0.1) is 10.8 Å². The van der Waals surface area contributed by atoms with E-state index in [1.165, 1.54) is 0 Å². The standard InChI is InChI=1S/C14H18O2S/c1-14(2,3)10-6-7-13-11(9-10)12(15)5-4-8-17(13)16/h6-7,9H,4-5,8H2,1-3H3. The molecule has 0 spiro atoms. The lowest BCUT2D eigenvalue weighted by Gasteiger charge is -2.20. The molecule has 1 atom stereocenters. The van der Waals surface area contributed by atoms with Gasteiger partial charge in [-0.1, -0.05) is 26.8 Å². The van der Waals surface area contributed by atoms with Gasteiger partial charge in [-0.15, -0.1) is 0 Å². The molecule has 3 heteroatoms. The first kappa shape index (κ1) is 12.5. The Morgan fingerprint density at radius 2 is 1.94 bits per heavy atom. The minimum absolute atomic E-state index is 0.0170. The van der Waals surface area contributed by atoms with E-state index in [0.29, 0.717) is 17.7 Å². The first-order valence-corrected chi connectivity index (χ1v) is 7.27. The Morgan fingerprint density at radius 1 is 1.24 bits per heavy atom. The van der Waals surface area contributed by atoms with Crippen molar-refractivity contribution in [2.75, 3.05) is 5.75 Å². The fourth-order valence-electron chi connectivity index (χ4n) is 2.02. The topological polar surface area (TPSA) is 34.1 Å². The molecule has 0 N–H and O–H groups in total. The van der Waals surface area contributed by atoms with Crippen LogP contribution in [0, 0.1) is 0 Å². The lowest BCUT2D eigenvalue weighted by Crippen LogP contribution is -2.13. The van der Waals surface area contributed by atoms with Gasteiger partial charge in [-0.25, -0.2) is 0 Å². The number of Topliss-reactive ketones (excluding diaryl/α,β-unsaturated/α-hetero) is 1. The molecule has 1 unspecified atom stereocenters. The quantitative estimate of drug-likeness (QED) is 0.709. The minimum Gasteiger partial charge on any atom is -0.294 e. The number of benzene rings is 1. The van der Waals surface area contributed by atoms with Gasteiger partial charge in [0, 0.05) is 22.6 Å². The highest BCUT2D eigenvalue weighted by atomic mass is 32.2. The van der Waals surface area contributed by atoms with Gasteiger partial charge in [0.2, 0.25) is 0 Å². The molecule has 0 saturated heterocycles. The average Bonchev–Trinajstić information content (AvgIpc) is 2.39. The van der Waals surface area contributed by atoms with E-state index in [1.807, 2.05) is 18.2 Å². The van der Waals surface area contributed by atoms with Crippen molar-refractivity contribution in [2.24, 2.45) is 0 Å². The van der Waals surface area contributed by atoms with Crippen LogP contribution in [0.1, 0.15) is 49.5 Å². The van der Waals surface area contributed by atoms with Gasteiger partial charge in [0.15, 0.2) is 5.78 Å². The van der Waals surface area contributed by atoms with Crippen LogP contribution in [0.2, 0.25) is 0 Å². The Bertz CT molecular complexity index is 483. The molecule has 0 bridgehead atoms. The van der Waals surface area contributed by atoms with Gasteiger partial charge in [-0.05, 0) is 29.5 Å². The summed E-state index contributed by atoms with van der Waals surface area (Å²) in [6, 6.07) is 5.80. The summed E-state index contributed by atoms with van der Waals surface area (Å²) in [5, 5.41) is 0. The van der Waals surface area contributed by atoms with Crippen LogP contribution in [0.25, 0.3) is 0 Å². The van der Waals surface area contributed by atoms with Crippen LogP contribution in [-0.4, -0.2) is 15.7 Å². The van der Waals surface area contributed by atoms with Gasteiger partial charge in [-0.3, -0.25) is 9.00 Å². The number of hydrogen-bond donors (Lipinski definition) is 0. The first-order chi connectivity index (χ1) is 7.89. The third-order valence-corrected chi connectivity index (χ3v) is 4.63. The summed E-state index contributed by atoms with van der Waals surface area (Å²) < 4.78 is 12.0. The summed E-state index contributed by atoms with van der Waals surface area (Å²) in [5.74, 6) is 0.741. The Morgan fingerprint density at radius 3 is 2.59 bits per heavy atom. The maximum atomic E-state index is 12.0. The van der Waals surface area contributed by atoms with Gasteiger partial charge < -0.3 is 0 Å². The smallest absolute Gasteiger partial charge is 0.164 e. The van der Waals surface area contributed by atoms with Crippen molar-refractivity contribution < 1.29 is 9.00 Å². The fourth-order valence-corrected chi connectivity index (χ4v) is 3.29. The van der Waals surface area contributed by atoms with Crippen LogP contribution < -0.4 is 0 Å². The number of ketones is 1. The van der Waals surface area contributed by atoms with Gasteiger partial charge in [-0.2, -0.15) is 0 Å². The summed E-state index contributed by atoms with van der Waals surface area (Å²) in [6.07, 6.45) is 1.25. The molecule has 0 fully saturated rings. The molecule has 0 aromatic heterocycles. The molecule has 17 heavy (non-hydrogen) atoms. The van der Waals surface area contributed by atoms with Crippen LogP contribution >= 0.6 is 0 Å². The minimum atomic E-state index is -1.01. The van der Waals surface area contributed by atoms with Crippen LogP contribution in [0.3, 0.4) is 0 Å². The third kappa shape index (κ3) is 2.49. The van der Waals surface area contributed by atoms with Crippen molar-refractivity contribution in [1.29, 1.82) is 0 Å². The number of carbonyl (C=O) groups is 1. The lowest BCUT2D eigenvalue weighted by atomic mass is 9.85. The Labute approximate surface area is 105 Å². The summed E-state index contributed by atoms with van der Waals surface area (Å²) in [7, 11) is -1.01. The van der Waals surface area contributed by atoms with Crippen molar-refractivity contribution in [1.82, 2.24) is 0 Å². The fraction of sp³-hybridized carbons (Fsp3) is 0.500. The van der Waals surface area contributed by atoms with Crippen LogP contribution in [-0.2, 0) is 16.2 Å². The summed E-state index contributed by atoms with van der Waals surface area (Å²) in [6.45, 7) is 6.35. The zero-order valence-corrected chi connectivity index (χ0v) is 11.4. The van der Waals surface area contributed by atoms with Crippen LogP contribution in [0.5, 0.6) is 0 Å². The molecule has 2 nitrogen and oxygen atoms in total. The second-order valence-electron chi connectivity index (χ2n) is 5.54. The van der Waals surface area contributed by atoms with E-state index in [-0.39, 0.29) is 11.2 Å². The van der Waals surface area contributed by atoms with Crippen molar-refractivity contribution >= 4 is 16.6 Å². The molecular weight excluding hydrogens is 232 g/mol. The van der Waals surface area contributed by atoms with Gasteiger partial charge in [0.1, 0.15) is 0 Å². The monoisotopic (exact) mass is 250 g/mol. The highest BCUT2D eigenvalue weighted by Gasteiger charge is 2.23. The van der Waals surface area contributed by atoms with Crippen molar-refractivity contribution in [3.8, 4) is 0 Å². The molecule has 2 rings (SSSR count). The van der Waals surface area contributed by atoms with E-state index in [2.05, 4.69) is 20.8 Å². The molecule has 0 radical (unpaired) electrons. The number of fused-ring (bicyclic) bond motifs is 1. The highest BCUT2D eigenvalue weighted by molar-refractivity contribution is 7.85. The van der Waals surface area contributed by atoms with Gasteiger partial charge in [0.25, 0.3) is 0 Å². The zero-order chi connectivity index (χ0) is 12.6. The second-order valence-corrected chi connectivity index (χ2v) is 7.08. The SMILES string of the molecule is CC(C)(C)c1ccc2c(c1)C(=O)CCCS2=O.